The van der Waals surface area contributed by atoms with Gasteiger partial charge in [-0.05, 0) is 12.1 Å². The van der Waals surface area contributed by atoms with Gasteiger partial charge >= 0.3 is 5.97 Å². The summed E-state index contributed by atoms with van der Waals surface area (Å²) in [6.07, 6.45) is 3.02. The number of carbonyl (C=O) groups is 1. The molecular formula is C18H20O7. The fourth-order valence-electron chi connectivity index (χ4n) is 2.82. The van der Waals surface area contributed by atoms with Gasteiger partial charge in [0, 0.05) is 23.3 Å². The van der Waals surface area contributed by atoms with E-state index in [0.717, 1.165) is 16.5 Å². The molecule has 134 valence electrons. The molecule has 1 aliphatic rings. The van der Waals surface area contributed by atoms with Crippen LogP contribution in [0.15, 0.2) is 46.8 Å². The van der Waals surface area contributed by atoms with E-state index < -0.39 is 12.3 Å². The van der Waals surface area contributed by atoms with Crippen LogP contribution in [-0.4, -0.2) is 48.9 Å². The fraction of sp³-hybridized carbons (Fsp3) is 0.389. The summed E-state index contributed by atoms with van der Waals surface area (Å²) >= 11 is 0. The van der Waals surface area contributed by atoms with Gasteiger partial charge in [0.2, 0.25) is 12.0 Å². The molecule has 7 nitrogen and oxygen atoms in total. The number of hydrogen-bond donors (Lipinski definition) is 2. The van der Waals surface area contributed by atoms with E-state index in [0.29, 0.717) is 13.0 Å². The third kappa shape index (κ3) is 4.19. The predicted octanol–water partition coefficient (Wildman–Crippen LogP) is 2.26. The second kappa shape index (κ2) is 8.15. The smallest absolute Gasteiger partial charge is 0.370 e. The van der Waals surface area contributed by atoms with Gasteiger partial charge in [-0.2, -0.15) is 0 Å². The number of allylic oxidation sites excluding steroid dienone is 1. The second-order valence-corrected chi connectivity index (χ2v) is 5.62. The Hall–Kier alpha value is -2.35. The first-order chi connectivity index (χ1) is 12.2. The molecule has 2 unspecified atom stereocenters. The van der Waals surface area contributed by atoms with Gasteiger partial charge in [-0.1, -0.05) is 18.2 Å². The minimum absolute atomic E-state index is 0.0541. The van der Waals surface area contributed by atoms with Gasteiger partial charge in [0.1, 0.15) is 5.58 Å². The molecule has 25 heavy (non-hydrogen) atoms. The zero-order chi connectivity index (χ0) is 17.6. The van der Waals surface area contributed by atoms with Crippen LogP contribution in [-0.2, 0) is 19.0 Å². The Morgan fingerprint density at radius 3 is 2.88 bits per heavy atom. The Morgan fingerprint density at radius 1 is 1.24 bits per heavy atom. The van der Waals surface area contributed by atoms with Crippen molar-refractivity contribution in [3.63, 3.8) is 0 Å². The molecule has 2 aromatic rings. The third-order valence-corrected chi connectivity index (χ3v) is 3.95. The average molecular weight is 348 g/mol. The number of aliphatic carboxylic acids is 1. The van der Waals surface area contributed by atoms with Crippen LogP contribution in [0, 0.1) is 0 Å². The van der Waals surface area contributed by atoms with Crippen LogP contribution < -0.4 is 0 Å². The molecule has 1 aromatic heterocycles. The number of ether oxygens (including phenoxy) is 3. The average Bonchev–Trinajstić information content (AvgIpc) is 3.05. The van der Waals surface area contributed by atoms with Gasteiger partial charge in [-0.15, -0.1) is 0 Å². The first-order valence-corrected chi connectivity index (χ1v) is 8.07. The number of carboxylic acids is 1. The molecule has 2 N–H and O–H groups in total. The highest BCUT2D eigenvalue weighted by Crippen LogP contribution is 2.36. The van der Waals surface area contributed by atoms with E-state index in [1.165, 1.54) is 0 Å². The van der Waals surface area contributed by atoms with Crippen LogP contribution in [0.3, 0.4) is 0 Å². The first kappa shape index (κ1) is 17.5. The van der Waals surface area contributed by atoms with E-state index in [-0.39, 0.29) is 31.5 Å². The summed E-state index contributed by atoms with van der Waals surface area (Å²) in [5.41, 5.74) is 1.66. The maximum atomic E-state index is 11.4. The molecule has 0 spiro atoms. The molecule has 2 atom stereocenters. The van der Waals surface area contributed by atoms with Crippen molar-refractivity contribution in [2.75, 3.05) is 26.4 Å². The molecule has 3 rings (SSSR count). The molecule has 0 saturated heterocycles. The van der Waals surface area contributed by atoms with Gasteiger partial charge < -0.3 is 28.8 Å². The number of furan rings is 1. The summed E-state index contributed by atoms with van der Waals surface area (Å²) in [6.45, 7) is 0.725. The highest BCUT2D eigenvalue weighted by Gasteiger charge is 2.30. The molecule has 0 saturated carbocycles. The lowest BCUT2D eigenvalue weighted by Gasteiger charge is -2.27. The Balaban J connectivity index is 1.74. The highest BCUT2D eigenvalue weighted by molar-refractivity contribution is 5.86. The maximum Gasteiger partial charge on any atom is 0.370 e. The molecule has 0 aliphatic carbocycles. The van der Waals surface area contributed by atoms with Crippen molar-refractivity contribution in [3.8, 4) is 0 Å². The van der Waals surface area contributed by atoms with Crippen molar-refractivity contribution >= 4 is 16.9 Å². The van der Waals surface area contributed by atoms with E-state index >= 15 is 0 Å². The second-order valence-electron chi connectivity index (χ2n) is 5.62. The number of rotatable bonds is 8. The zero-order valence-electron chi connectivity index (χ0n) is 13.6. The van der Waals surface area contributed by atoms with E-state index in [1.807, 2.05) is 24.3 Å². The van der Waals surface area contributed by atoms with Crippen LogP contribution in [0.2, 0.25) is 0 Å². The van der Waals surface area contributed by atoms with Gasteiger partial charge in [0.25, 0.3) is 0 Å². The van der Waals surface area contributed by atoms with Crippen LogP contribution in [0.25, 0.3) is 11.0 Å². The summed E-state index contributed by atoms with van der Waals surface area (Å²) in [5, 5.41) is 18.9. The monoisotopic (exact) mass is 348 g/mol. The van der Waals surface area contributed by atoms with Gasteiger partial charge in [0.15, 0.2) is 0 Å². The molecule has 0 amide bonds. The van der Waals surface area contributed by atoms with Crippen molar-refractivity contribution < 1.29 is 33.6 Å². The van der Waals surface area contributed by atoms with Crippen LogP contribution >= 0.6 is 0 Å². The largest absolute Gasteiger partial charge is 0.475 e. The molecule has 1 aromatic carbocycles. The molecule has 0 bridgehead atoms. The van der Waals surface area contributed by atoms with Gasteiger partial charge in [-0.3, -0.25) is 0 Å². The molecule has 0 radical (unpaired) electrons. The predicted molar refractivity (Wildman–Crippen MR) is 88.0 cm³/mol. The summed E-state index contributed by atoms with van der Waals surface area (Å²) in [7, 11) is 0. The van der Waals surface area contributed by atoms with Crippen molar-refractivity contribution in [1.82, 2.24) is 0 Å². The molecule has 2 heterocycles. The highest BCUT2D eigenvalue weighted by atomic mass is 16.7. The minimum Gasteiger partial charge on any atom is -0.475 e. The number of carboxylic acid groups (broad SMARTS) is 1. The Kier molecular flexibility index (Phi) is 5.70. The van der Waals surface area contributed by atoms with E-state index in [1.54, 1.807) is 12.3 Å². The Labute approximate surface area is 144 Å². The van der Waals surface area contributed by atoms with E-state index in [2.05, 4.69) is 0 Å². The summed E-state index contributed by atoms with van der Waals surface area (Å²) in [6, 6.07) is 7.61. The Morgan fingerprint density at radius 2 is 2.08 bits per heavy atom. The summed E-state index contributed by atoms with van der Waals surface area (Å²) < 4.78 is 21.7. The van der Waals surface area contributed by atoms with Crippen molar-refractivity contribution in [1.29, 1.82) is 0 Å². The van der Waals surface area contributed by atoms with Crippen molar-refractivity contribution in [3.05, 3.63) is 47.9 Å². The number of benzene rings is 1. The minimum atomic E-state index is -1.14. The van der Waals surface area contributed by atoms with Gasteiger partial charge in [0.05, 0.1) is 32.7 Å². The summed E-state index contributed by atoms with van der Waals surface area (Å²) in [4.78, 5) is 11.4. The van der Waals surface area contributed by atoms with Crippen molar-refractivity contribution in [2.45, 2.75) is 18.6 Å². The van der Waals surface area contributed by atoms with Gasteiger partial charge in [-0.25, -0.2) is 4.79 Å². The lowest BCUT2D eigenvalue weighted by molar-refractivity contribution is -0.160. The third-order valence-electron chi connectivity index (χ3n) is 3.95. The fourth-order valence-corrected chi connectivity index (χ4v) is 2.82. The molecular weight excluding hydrogens is 328 g/mol. The lowest BCUT2D eigenvalue weighted by Crippen LogP contribution is -2.28. The molecule has 0 fully saturated rings. The number of aliphatic hydroxyl groups is 1. The molecule has 7 heteroatoms. The normalized spacial score (nSPS) is 20.3. The van der Waals surface area contributed by atoms with E-state index in [4.69, 9.17) is 23.7 Å². The number of aliphatic hydroxyl groups excluding tert-OH is 1. The standard InChI is InChI=1S/C18H20O7/c19-5-6-22-7-8-23-17-10-12(9-16(25-17)18(20)21)14-11-24-15-4-2-1-3-13(14)15/h1-4,9,11-12,17,19H,5-8,10H2,(H,20,21). The molecule has 1 aliphatic heterocycles. The van der Waals surface area contributed by atoms with Crippen molar-refractivity contribution in [2.24, 2.45) is 0 Å². The zero-order valence-corrected chi connectivity index (χ0v) is 13.6. The quantitative estimate of drug-likeness (QED) is 0.706. The number of hydrogen-bond acceptors (Lipinski definition) is 6. The number of para-hydroxylation sites is 1. The SMILES string of the molecule is O=C(O)C1=CC(c2coc3ccccc23)CC(OCCOCCO)O1. The maximum absolute atomic E-state index is 11.4. The van der Waals surface area contributed by atoms with Crippen LogP contribution in [0.5, 0.6) is 0 Å². The van der Waals surface area contributed by atoms with Crippen LogP contribution in [0.4, 0.5) is 0 Å². The number of fused-ring (bicyclic) bond motifs is 1. The van der Waals surface area contributed by atoms with E-state index in [9.17, 15) is 9.90 Å². The first-order valence-electron chi connectivity index (χ1n) is 8.07. The lowest BCUT2D eigenvalue weighted by atomic mass is 9.92. The van der Waals surface area contributed by atoms with Crippen LogP contribution in [0.1, 0.15) is 17.9 Å². The summed E-state index contributed by atoms with van der Waals surface area (Å²) in [5.74, 6) is -1.46. The Bertz CT molecular complexity index is 749. The topological polar surface area (TPSA) is 98.4 Å².